The van der Waals surface area contributed by atoms with Gasteiger partial charge in [0.15, 0.2) is 18.0 Å². The van der Waals surface area contributed by atoms with Crippen LogP contribution in [0.5, 0.6) is 0 Å². The van der Waals surface area contributed by atoms with Gasteiger partial charge in [0.2, 0.25) is 11.8 Å². The molecule has 1 aromatic carbocycles. The number of halogens is 1. The quantitative estimate of drug-likeness (QED) is 0.239. The van der Waals surface area contributed by atoms with Gasteiger partial charge in [-0.1, -0.05) is 18.6 Å². The third-order valence-electron chi connectivity index (χ3n) is 7.20. The van der Waals surface area contributed by atoms with Gasteiger partial charge in [0.05, 0.1) is 19.1 Å². The van der Waals surface area contributed by atoms with Crippen LogP contribution in [0, 0.1) is 3.57 Å². The molecule has 0 aliphatic carbocycles. The standard InChI is InChI=1S/C25H31IN10O3/c1-34-32-22(31-33-34)21-19(37)20(38)24(39-21)36-14-28-18-17(13-15-6-5-7-16(26)12-15)29-25(30-23(18)36)27-8-11-35-9-3-2-4-10-35/h5-7,12,14,19-21,24,37-38H,2-4,8-11,13H2,1H3,(H,27,29,30)/t19-,20+,21-,24+/m0/s1. The lowest BCUT2D eigenvalue weighted by Gasteiger charge is -2.26. The lowest BCUT2D eigenvalue weighted by molar-refractivity contribution is -0.0384. The van der Waals surface area contributed by atoms with E-state index in [0.717, 1.165) is 34.5 Å². The molecule has 2 saturated heterocycles. The van der Waals surface area contributed by atoms with Crippen molar-refractivity contribution in [3.63, 3.8) is 0 Å². The average Bonchev–Trinajstić information content (AvgIpc) is 3.63. The van der Waals surface area contributed by atoms with E-state index in [1.165, 1.54) is 24.1 Å². The second-order valence-electron chi connectivity index (χ2n) is 10.0. The number of aliphatic hydroxyl groups is 2. The normalized spacial score (nSPS) is 24.0. The van der Waals surface area contributed by atoms with Crippen molar-refractivity contribution in [1.82, 2.24) is 44.6 Å². The van der Waals surface area contributed by atoms with Crippen LogP contribution >= 0.6 is 22.6 Å². The molecule has 0 unspecified atom stereocenters. The lowest BCUT2D eigenvalue weighted by atomic mass is 10.1. The highest BCUT2D eigenvalue weighted by Crippen LogP contribution is 2.38. The van der Waals surface area contributed by atoms with Crippen molar-refractivity contribution in [2.24, 2.45) is 7.05 Å². The third kappa shape index (κ3) is 5.61. The molecule has 3 N–H and O–H groups in total. The summed E-state index contributed by atoms with van der Waals surface area (Å²) in [5.74, 6) is 0.687. The van der Waals surface area contributed by atoms with Gasteiger partial charge >= 0.3 is 0 Å². The first-order valence-corrected chi connectivity index (χ1v) is 14.2. The topological polar surface area (TPSA) is 152 Å². The van der Waals surface area contributed by atoms with Gasteiger partial charge < -0.3 is 25.2 Å². The summed E-state index contributed by atoms with van der Waals surface area (Å²) in [5.41, 5.74) is 3.00. The zero-order valence-electron chi connectivity index (χ0n) is 21.6. The van der Waals surface area contributed by atoms with Gasteiger partial charge in [-0.3, -0.25) is 4.57 Å². The van der Waals surface area contributed by atoms with Gasteiger partial charge in [-0.05, 0) is 71.4 Å². The van der Waals surface area contributed by atoms with Crippen LogP contribution in [-0.4, -0.2) is 93.2 Å². The van der Waals surface area contributed by atoms with E-state index in [2.05, 4.69) is 71.4 Å². The Bertz CT molecular complexity index is 1440. The molecule has 2 fully saturated rings. The molecule has 4 aromatic rings. The van der Waals surface area contributed by atoms with Crippen LogP contribution in [0.25, 0.3) is 11.2 Å². The van der Waals surface area contributed by atoms with Crippen molar-refractivity contribution in [1.29, 1.82) is 0 Å². The van der Waals surface area contributed by atoms with E-state index in [-0.39, 0.29) is 5.82 Å². The van der Waals surface area contributed by atoms with Crippen molar-refractivity contribution < 1.29 is 14.9 Å². The predicted octanol–water partition coefficient (Wildman–Crippen LogP) is 1.43. The van der Waals surface area contributed by atoms with E-state index in [9.17, 15) is 10.2 Å². The Morgan fingerprint density at radius 3 is 2.74 bits per heavy atom. The molecule has 5 heterocycles. The molecule has 206 valence electrons. The Labute approximate surface area is 238 Å². The van der Waals surface area contributed by atoms with Crippen LogP contribution in [-0.2, 0) is 18.2 Å². The maximum Gasteiger partial charge on any atom is 0.225 e. The largest absolute Gasteiger partial charge is 0.387 e. The number of likely N-dealkylation sites (tertiary alicyclic amines) is 1. The number of imidazole rings is 1. The number of nitrogens with zero attached hydrogens (tertiary/aromatic N) is 9. The molecule has 14 heteroatoms. The van der Waals surface area contributed by atoms with Gasteiger partial charge in [-0.2, -0.15) is 9.78 Å². The number of tetrazole rings is 1. The number of hydrogen-bond donors (Lipinski definition) is 3. The maximum absolute atomic E-state index is 10.9. The number of rotatable bonds is 8. The van der Waals surface area contributed by atoms with Crippen molar-refractivity contribution in [3.8, 4) is 0 Å². The van der Waals surface area contributed by atoms with E-state index >= 15 is 0 Å². The van der Waals surface area contributed by atoms with E-state index < -0.39 is 24.5 Å². The monoisotopic (exact) mass is 646 g/mol. The van der Waals surface area contributed by atoms with Gasteiger partial charge in [0, 0.05) is 23.1 Å². The minimum absolute atomic E-state index is 0.199. The molecule has 39 heavy (non-hydrogen) atoms. The number of aromatic nitrogens is 8. The van der Waals surface area contributed by atoms with Gasteiger partial charge in [0.1, 0.15) is 17.7 Å². The second kappa shape index (κ2) is 11.4. The van der Waals surface area contributed by atoms with Gasteiger partial charge in [0.25, 0.3) is 0 Å². The molecule has 0 saturated carbocycles. The number of ether oxygens (including phenoxy) is 1. The van der Waals surface area contributed by atoms with E-state index in [4.69, 9.17) is 14.7 Å². The Morgan fingerprint density at radius 1 is 1.13 bits per heavy atom. The summed E-state index contributed by atoms with van der Waals surface area (Å²) in [6.45, 7) is 3.86. The maximum atomic E-state index is 10.9. The summed E-state index contributed by atoms with van der Waals surface area (Å²) in [6.07, 6.45) is 1.54. The molecule has 0 radical (unpaired) electrons. The van der Waals surface area contributed by atoms with Crippen LogP contribution in [0.4, 0.5) is 5.95 Å². The first-order chi connectivity index (χ1) is 19.0. The summed E-state index contributed by atoms with van der Waals surface area (Å²) in [7, 11) is 1.63. The highest BCUT2D eigenvalue weighted by molar-refractivity contribution is 14.1. The lowest BCUT2D eigenvalue weighted by Crippen LogP contribution is -2.34. The predicted molar refractivity (Wildman–Crippen MR) is 150 cm³/mol. The van der Waals surface area contributed by atoms with Crippen LogP contribution in [0.15, 0.2) is 30.6 Å². The van der Waals surface area contributed by atoms with Crippen molar-refractivity contribution in [3.05, 3.63) is 51.2 Å². The molecule has 6 rings (SSSR count). The van der Waals surface area contributed by atoms with Crippen LogP contribution in [0.1, 0.15) is 48.7 Å². The highest BCUT2D eigenvalue weighted by atomic mass is 127. The van der Waals surface area contributed by atoms with Crippen molar-refractivity contribution in [2.75, 3.05) is 31.5 Å². The first-order valence-electron chi connectivity index (χ1n) is 13.2. The Kier molecular flexibility index (Phi) is 7.70. The molecule has 2 aliphatic heterocycles. The Morgan fingerprint density at radius 2 is 1.97 bits per heavy atom. The van der Waals surface area contributed by atoms with E-state index in [0.29, 0.717) is 30.1 Å². The molecule has 2 aliphatic rings. The van der Waals surface area contributed by atoms with Crippen molar-refractivity contribution >= 4 is 39.7 Å². The SMILES string of the molecule is Cn1nnc([C@H]2O[C@@H](n3cnc4c(Cc5cccc(I)c5)nc(NCCN5CCCCC5)nc43)[C@H](O)[C@@H]2O)n1. The minimum Gasteiger partial charge on any atom is -0.387 e. The van der Waals surface area contributed by atoms with Gasteiger partial charge in [-0.25, -0.2) is 9.97 Å². The summed E-state index contributed by atoms with van der Waals surface area (Å²) in [4.78, 5) is 18.0. The first kappa shape index (κ1) is 26.4. The number of aryl methyl sites for hydroxylation is 1. The fraction of sp³-hybridized carbons (Fsp3) is 0.520. The van der Waals surface area contributed by atoms with Gasteiger partial charge in [-0.15, -0.1) is 10.2 Å². The minimum atomic E-state index is -1.25. The van der Waals surface area contributed by atoms with Crippen LogP contribution in [0.2, 0.25) is 0 Å². The number of fused-ring (bicyclic) bond motifs is 1. The zero-order chi connectivity index (χ0) is 26.9. The molecule has 0 amide bonds. The molecular weight excluding hydrogens is 615 g/mol. The summed E-state index contributed by atoms with van der Waals surface area (Å²) in [6, 6.07) is 8.26. The Hall–Kier alpha value is -2.79. The molecular formula is C25H31IN10O3. The van der Waals surface area contributed by atoms with E-state index in [1.807, 2.05) is 6.07 Å². The number of hydrogen-bond acceptors (Lipinski definition) is 11. The number of nitrogens with one attached hydrogen (secondary N) is 1. The fourth-order valence-corrected chi connectivity index (χ4v) is 5.84. The Balaban J connectivity index is 1.31. The molecule has 0 bridgehead atoms. The molecule has 4 atom stereocenters. The third-order valence-corrected chi connectivity index (χ3v) is 7.88. The molecule has 0 spiro atoms. The van der Waals surface area contributed by atoms with Crippen LogP contribution in [0.3, 0.4) is 0 Å². The molecule has 3 aromatic heterocycles. The summed E-state index contributed by atoms with van der Waals surface area (Å²) < 4.78 is 8.86. The van der Waals surface area contributed by atoms with Crippen molar-refractivity contribution in [2.45, 2.75) is 50.2 Å². The number of aliphatic hydroxyl groups excluding tert-OH is 2. The fourth-order valence-electron chi connectivity index (χ4n) is 5.23. The number of benzene rings is 1. The zero-order valence-corrected chi connectivity index (χ0v) is 23.7. The van der Waals surface area contributed by atoms with Crippen LogP contribution < -0.4 is 5.32 Å². The second-order valence-corrected chi connectivity index (χ2v) is 11.3. The smallest absolute Gasteiger partial charge is 0.225 e. The summed E-state index contributed by atoms with van der Waals surface area (Å²) >= 11 is 2.30. The highest BCUT2D eigenvalue weighted by Gasteiger charge is 2.47. The van der Waals surface area contributed by atoms with E-state index in [1.54, 1.807) is 17.9 Å². The number of anilines is 1. The number of piperidine rings is 1. The molecule has 13 nitrogen and oxygen atoms in total. The average molecular weight is 646 g/mol. The summed E-state index contributed by atoms with van der Waals surface area (Å²) in [5, 5.41) is 37.0.